The summed E-state index contributed by atoms with van der Waals surface area (Å²) in [6.07, 6.45) is 4.22. The normalized spacial score (nSPS) is 29.0. The van der Waals surface area contributed by atoms with Crippen molar-refractivity contribution in [2.24, 2.45) is 0 Å². The van der Waals surface area contributed by atoms with E-state index in [0.29, 0.717) is 6.42 Å². The van der Waals surface area contributed by atoms with E-state index >= 15 is 0 Å². The van der Waals surface area contributed by atoms with Crippen molar-refractivity contribution in [3.05, 3.63) is 0 Å². The van der Waals surface area contributed by atoms with Crippen LogP contribution in [-0.2, 0) is 23.4 Å². The van der Waals surface area contributed by atoms with Crippen LogP contribution in [0.2, 0.25) is 18.1 Å². The summed E-state index contributed by atoms with van der Waals surface area (Å²) >= 11 is 0. The molecule has 0 amide bonds. The highest BCUT2D eigenvalue weighted by molar-refractivity contribution is 6.74. The van der Waals surface area contributed by atoms with Crippen molar-refractivity contribution >= 4 is 14.3 Å². The van der Waals surface area contributed by atoms with Gasteiger partial charge in [-0.2, -0.15) is 0 Å². The van der Waals surface area contributed by atoms with E-state index in [0.717, 1.165) is 0 Å². The van der Waals surface area contributed by atoms with Crippen LogP contribution < -0.4 is 0 Å². The van der Waals surface area contributed by atoms with E-state index < -0.39 is 20.7 Å². The Hall–Kier alpha value is -0.873. The first kappa shape index (κ1) is 20.2. The van der Waals surface area contributed by atoms with Gasteiger partial charge in [-0.1, -0.05) is 26.7 Å². The van der Waals surface area contributed by atoms with E-state index in [1.165, 1.54) is 6.92 Å². The minimum atomic E-state index is -2.02. The lowest BCUT2D eigenvalue weighted by atomic mass is 10.0. The van der Waals surface area contributed by atoms with Gasteiger partial charge in [0.25, 0.3) is 0 Å². The van der Waals surface area contributed by atoms with E-state index in [-0.39, 0.29) is 29.8 Å². The Bertz CT molecular complexity index is 449. The number of terminal acetylenes is 1. The van der Waals surface area contributed by atoms with Crippen LogP contribution in [0.1, 0.15) is 41.0 Å². The van der Waals surface area contributed by atoms with Crippen molar-refractivity contribution < 1.29 is 23.4 Å². The summed E-state index contributed by atoms with van der Waals surface area (Å²) in [7, 11) is -2.02. The highest BCUT2D eigenvalue weighted by Gasteiger charge is 2.46. The summed E-state index contributed by atoms with van der Waals surface area (Å²) in [4.78, 5) is 11.5. The van der Waals surface area contributed by atoms with Crippen LogP contribution in [-0.4, -0.2) is 45.5 Å². The summed E-state index contributed by atoms with van der Waals surface area (Å²) in [5.41, 5.74) is 0. The Balaban J connectivity index is 2.90. The van der Waals surface area contributed by atoms with Crippen molar-refractivity contribution in [3.8, 4) is 12.3 Å². The average molecular weight is 343 g/mol. The summed E-state index contributed by atoms with van der Waals surface area (Å²) in [6, 6.07) is 0. The molecule has 0 radical (unpaired) electrons. The molecule has 1 heterocycles. The Morgan fingerprint density at radius 1 is 1.39 bits per heavy atom. The van der Waals surface area contributed by atoms with E-state index in [2.05, 4.69) is 39.8 Å². The molecule has 1 saturated heterocycles. The van der Waals surface area contributed by atoms with Gasteiger partial charge in [-0.3, -0.25) is 4.79 Å². The molecule has 0 aromatic heterocycles. The van der Waals surface area contributed by atoms with Crippen LogP contribution in [0.5, 0.6) is 0 Å². The smallest absolute Gasteiger partial charge is 0.302 e. The van der Waals surface area contributed by atoms with Crippen molar-refractivity contribution in [1.82, 2.24) is 0 Å². The molecule has 1 rings (SSSR count). The molecular formula is C17H30O5Si. The van der Waals surface area contributed by atoms with Crippen molar-refractivity contribution in [2.45, 2.75) is 83.8 Å². The molecule has 1 aliphatic rings. The quantitative estimate of drug-likeness (QED) is 0.436. The number of carbonyl (C=O) groups is 1. The Morgan fingerprint density at radius 2 is 2.00 bits per heavy atom. The van der Waals surface area contributed by atoms with Crippen molar-refractivity contribution in [2.75, 3.05) is 6.61 Å². The Kier molecular flexibility index (Phi) is 6.84. The maximum absolute atomic E-state index is 11.5. The summed E-state index contributed by atoms with van der Waals surface area (Å²) in [6.45, 7) is 14.4. The second-order valence-corrected chi connectivity index (χ2v) is 12.3. The van der Waals surface area contributed by atoms with E-state index in [4.69, 9.17) is 25.1 Å². The highest BCUT2D eigenvalue weighted by atomic mass is 28.4. The predicted molar refractivity (Wildman–Crippen MR) is 91.4 cm³/mol. The number of ether oxygens (including phenoxy) is 3. The van der Waals surface area contributed by atoms with Crippen LogP contribution in [0.3, 0.4) is 0 Å². The largest absolute Gasteiger partial charge is 0.460 e. The lowest BCUT2D eigenvalue weighted by molar-refractivity contribution is -0.243. The van der Waals surface area contributed by atoms with Crippen LogP contribution in [0.25, 0.3) is 0 Å². The molecule has 6 heteroatoms. The molecule has 1 aliphatic heterocycles. The fraction of sp³-hybridized carbons (Fsp3) is 0.824. The van der Waals surface area contributed by atoms with Gasteiger partial charge in [0.05, 0.1) is 6.10 Å². The second kappa shape index (κ2) is 7.80. The molecule has 5 nitrogen and oxygen atoms in total. The van der Waals surface area contributed by atoms with Gasteiger partial charge < -0.3 is 18.6 Å². The zero-order chi connectivity index (χ0) is 17.8. The topological polar surface area (TPSA) is 54.0 Å². The van der Waals surface area contributed by atoms with Gasteiger partial charge >= 0.3 is 5.97 Å². The van der Waals surface area contributed by atoms with Gasteiger partial charge in [0.2, 0.25) is 0 Å². The number of hydrogen-bond donors (Lipinski definition) is 0. The zero-order valence-corrected chi connectivity index (χ0v) is 16.3. The van der Waals surface area contributed by atoms with Gasteiger partial charge in [-0.05, 0) is 25.1 Å². The average Bonchev–Trinajstić information content (AvgIpc) is 2.38. The van der Waals surface area contributed by atoms with Gasteiger partial charge in [0.15, 0.2) is 14.6 Å². The van der Waals surface area contributed by atoms with Gasteiger partial charge in [-0.15, -0.1) is 6.42 Å². The molecule has 0 aliphatic carbocycles. The third kappa shape index (κ3) is 5.61. The molecule has 23 heavy (non-hydrogen) atoms. The SMILES string of the molecule is C#CCO[C@@H]1C[C@@H](OC(C)=O)[C@H](O[Si](C)(C)C(C)(C)C)[C@@H](C)O1. The summed E-state index contributed by atoms with van der Waals surface area (Å²) in [5.74, 6) is 2.09. The molecule has 0 aromatic carbocycles. The van der Waals surface area contributed by atoms with Crippen LogP contribution in [0.4, 0.5) is 0 Å². The zero-order valence-electron chi connectivity index (χ0n) is 15.3. The standard InChI is InChI=1S/C17H30O5Si/c1-9-10-19-15-11-14(21-13(3)18)16(12(2)20-15)22-23(7,8)17(4,5)6/h1,12,14-16H,10-11H2,2-8H3/t12-,14-,15+,16-/m1/s1. The molecule has 0 aromatic rings. The maximum Gasteiger partial charge on any atom is 0.302 e. The molecule has 0 spiro atoms. The number of hydrogen-bond acceptors (Lipinski definition) is 5. The molecule has 132 valence electrons. The van der Waals surface area contributed by atoms with Gasteiger partial charge in [0.1, 0.15) is 18.8 Å². The van der Waals surface area contributed by atoms with E-state index in [9.17, 15) is 4.79 Å². The van der Waals surface area contributed by atoms with Crippen molar-refractivity contribution in [1.29, 1.82) is 0 Å². The monoisotopic (exact) mass is 342 g/mol. The third-order valence-corrected chi connectivity index (χ3v) is 9.00. The summed E-state index contributed by atoms with van der Waals surface area (Å²) in [5, 5.41) is 0.0598. The van der Waals surface area contributed by atoms with Crippen LogP contribution in [0, 0.1) is 12.3 Å². The number of esters is 1. The first-order valence-electron chi connectivity index (χ1n) is 8.03. The van der Waals surface area contributed by atoms with E-state index in [1.54, 1.807) is 0 Å². The van der Waals surface area contributed by atoms with Crippen LogP contribution >= 0.6 is 0 Å². The molecule has 0 N–H and O–H groups in total. The Morgan fingerprint density at radius 3 is 2.48 bits per heavy atom. The molecule has 4 atom stereocenters. The van der Waals surface area contributed by atoms with E-state index in [1.807, 2.05) is 6.92 Å². The molecule has 0 bridgehead atoms. The van der Waals surface area contributed by atoms with Gasteiger partial charge in [0, 0.05) is 13.3 Å². The number of carbonyl (C=O) groups excluding carboxylic acids is 1. The fourth-order valence-electron chi connectivity index (χ4n) is 2.26. The summed E-state index contributed by atoms with van der Waals surface area (Å²) < 4.78 is 23.3. The molecule has 0 saturated carbocycles. The minimum absolute atomic E-state index is 0.0598. The molecule has 0 unspecified atom stereocenters. The first-order valence-corrected chi connectivity index (χ1v) is 10.9. The lowest BCUT2D eigenvalue weighted by Crippen LogP contribution is -2.56. The van der Waals surface area contributed by atoms with Gasteiger partial charge in [-0.25, -0.2) is 0 Å². The molecule has 1 fully saturated rings. The fourth-order valence-corrected chi connectivity index (χ4v) is 3.64. The Labute approximate surface area is 141 Å². The first-order chi connectivity index (χ1) is 10.5. The predicted octanol–water partition coefficient (Wildman–Crippen LogP) is 3.09. The number of rotatable bonds is 5. The minimum Gasteiger partial charge on any atom is -0.460 e. The maximum atomic E-state index is 11.5. The lowest BCUT2D eigenvalue weighted by Gasteiger charge is -2.46. The van der Waals surface area contributed by atoms with Crippen molar-refractivity contribution in [3.63, 3.8) is 0 Å². The second-order valence-electron chi connectivity index (χ2n) is 7.51. The highest BCUT2D eigenvalue weighted by Crippen LogP contribution is 2.39. The van der Waals surface area contributed by atoms with Crippen LogP contribution in [0.15, 0.2) is 0 Å². The third-order valence-electron chi connectivity index (χ3n) is 4.53. The molecular weight excluding hydrogens is 312 g/mol.